The van der Waals surface area contributed by atoms with Crippen LogP contribution in [-0.4, -0.2) is 54.1 Å². The summed E-state index contributed by atoms with van der Waals surface area (Å²) < 4.78 is 21.6. The van der Waals surface area contributed by atoms with E-state index in [0.29, 0.717) is 62.5 Å². The van der Waals surface area contributed by atoms with Crippen LogP contribution in [0.4, 0.5) is 9.18 Å². The Kier molecular flexibility index (Phi) is 6.31. The Hall–Kier alpha value is -3.20. The number of pyridine rings is 1. The molecular weight excluding hydrogens is 401 g/mol. The van der Waals surface area contributed by atoms with E-state index >= 15 is 0 Å². The van der Waals surface area contributed by atoms with Crippen LogP contribution in [0.15, 0.2) is 46.1 Å². The Morgan fingerprint density at radius 3 is 2.87 bits per heavy atom. The summed E-state index contributed by atoms with van der Waals surface area (Å²) in [4.78, 5) is 29.9. The first-order valence-electron chi connectivity index (χ1n) is 10.5. The third kappa shape index (κ3) is 4.46. The molecule has 3 heterocycles. The molecule has 8 nitrogen and oxygen atoms in total. The van der Waals surface area contributed by atoms with E-state index in [1.165, 1.54) is 12.1 Å². The van der Waals surface area contributed by atoms with Crippen LogP contribution in [0.2, 0.25) is 0 Å². The zero-order valence-corrected chi connectivity index (χ0v) is 17.4. The Bertz CT molecular complexity index is 1090. The molecule has 1 amide bonds. The molecule has 0 bridgehead atoms. The second-order valence-electron chi connectivity index (χ2n) is 7.51. The highest BCUT2D eigenvalue weighted by atomic mass is 19.1. The third-order valence-electron chi connectivity index (χ3n) is 5.55. The van der Waals surface area contributed by atoms with Crippen LogP contribution >= 0.6 is 0 Å². The third-order valence-corrected chi connectivity index (χ3v) is 5.55. The maximum atomic E-state index is 14.6. The average Bonchev–Trinajstić information content (AvgIpc) is 3.15. The Morgan fingerprint density at radius 2 is 2.10 bits per heavy atom. The van der Waals surface area contributed by atoms with Crippen LogP contribution in [0.5, 0.6) is 0 Å². The van der Waals surface area contributed by atoms with Crippen LogP contribution in [0.25, 0.3) is 10.9 Å². The topological polar surface area (TPSA) is 88.0 Å². The Morgan fingerprint density at radius 1 is 1.26 bits per heavy atom. The molecule has 2 aromatic rings. The highest BCUT2D eigenvalue weighted by molar-refractivity contribution is 5.82. The molecule has 1 aromatic carbocycles. The number of carbonyl (C=O) groups is 1. The number of benzene rings is 1. The first-order chi connectivity index (χ1) is 15.1. The normalized spacial score (nSPS) is 18.3. The van der Waals surface area contributed by atoms with Gasteiger partial charge in [0.1, 0.15) is 17.7 Å². The van der Waals surface area contributed by atoms with Crippen LogP contribution in [0, 0.1) is 5.82 Å². The van der Waals surface area contributed by atoms with Crippen LogP contribution < -0.4 is 16.2 Å². The van der Waals surface area contributed by atoms with E-state index in [0.717, 1.165) is 5.39 Å². The number of nitrogens with one attached hydrogen (secondary N) is 2. The molecule has 0 aliphatic carbocycles. The molecule has 0 unspecified atom stereocenters. The number of fused-ring (bicyclic) bond motifs is 1. The van der Waals surface area contributed by atoms with Gasteiger partial charge in [-0.05, 0) is 56.4 Å². The van der Waals surface area contributed by atoms with Gasteiger partial charge in [-0.25, -0.2) is 9.18 Å². The monoisotopic (exact) mass is 427 g/mol. The number of ether oxygens (including phenoxy) is 1. The maximum Gasteiger partial charge on any atom is 0.415 e. The predicted octanol–water partition coefficient (Wildman–Crippen LogP) is 1.98. The number of halogens is 1. The van der Waals surface area contributed by atoms with E-state index in [1.807, 2.05) is 6.92 Å². The molecule has 1 aromatic heterocycles. The summed E-state index contributed by atoms with van der Waals surface area (Å²) in [6.45, 7) is 4.59. The van der Waals surface area contributed by atoms with Gasteiger partial charge in [-0.2, -0.15) is 0 Å². The van der Waals surface area contributed by atoms with Crippen LogP contribution in [0.1, 0.15) is 18.9 Å². The van der Waals surface area contributed by atoms with E-state index in [2.05, 4.69) is 15.6 Å². The van der Waals surface area contributed by atoms with Crippen molar-refractivity contribution in [1.82, 2.24) is 20.1 Å². The van der Waals surface area contributed by atoms with Crippen molar-refractivity contribution in [2.45, 2.75) is 32.4 Å². The largest absolute Gasteiger partial charge is 0.444 e. The van der Waals surface area contributed by atoms with Crippen molar-refractivity contribution in [1.29, 1.82) is 0 Å². The van der Waals surface area contributed by atoms with E-state index in [1.54, 1.807) is 34.0 Å². The summed E-state index contributed by atoms with van der Waals surface area (Å²) in [6, 6.07) is 6.41. The summed E-state index contributed by atoms with van der Waals surface area (Å²) >= 11 is 0. The van der Waals surface area contributed by atoms with Gasteiger partial charge in [-0.1, -0.05) is 0 Å². The number of hydrogen-bond acceptors (Lipinski definition) is 6. The minimum Gasteiger partial charge on any atom is -0.444 e. The number of rotatable bonds is 8. The smallest absolute Gasteiger partial charge is 0.415 e. The minimum atomic E-state index is -0.379. The molecular formula is C22H26FN5O3. The number of cyclic esters (lactones) is 1. The standard InChI is InChI=1S/C22H26FN5O3/c1-2-27-20(29)6-4-15-3-5-18(23)17(21(15)27)8-10-24-9-7-16-14-28(22(30)31-16)19-13-25-11-12-26-19/h3-6,11,13,16,24,26H,2,7-10,12,14H2,1H3/t16-/m0/s1. The summed E-state index contributed by atoms with van der Waals surface area (Å²) in [5.74, 6) is 0.342. The van der Waals surface area contributed by atoms with Crippen molar-refractivity contribution in [2.75, 3.05) is 26.2 Å². The fourth-order valence-electron chi connectivity index (χ4n) is 4.00. The van der Waals surface area contributed by atoms with E-state index in [9.17, 15) is 14.0 Å². The van der Waals surface area contributed by atoms with Crippen LogP contribution in [0.3, 0.4) is 0 Å². The van der Waals surface area contributed by atoms with Crippen LogP contribution in [-0.2, 0) is 17.7 Å². The predicted molar refractivity (Wildman–Crippen MR) is 117 cm³/mol. The summed E-state index contributed by atoms with van der Waals surface area (Å²) in [7, 11) is 0. The van der Waals surface area contributed by atoms with Crippen molar-refractivity contribution < 1.29 is 13.9 Å². The molecule has 2 aliphatic rings. The molecule has 0 radical (unpaired) electrons. The zero-order valence-electron chi connectivity index (χ0n) is 17.4. The van der Waals surface area contributed by atoms with Gasteiger partial charge >= 0.3 is 6.09 Å². The van der Waals surface area contributed by atoms with Gasteiger partial charge in [-0.15, -0.1) is 0 Å². The lowest BCUT2D eigenvalue weighted by Crippen LogP contribution is -2.35. The lowest BCUT2D eigenvalue weighted by Gasteiger charge is -2.19. The van der Waals surface area contributed by atoms with E-state index in [-0.39, 0.29) is 23.6 Å². The maximum absolute atomic E-state index is 14.6. The molecule has 9 heteroatoms. The molecule has 1 fully saturated rings. The number of aryl methyl sites for hydroxylation is 1. The van der Waals surface area contributed by atoms with Crippen molar-refractivity contribution in [3.8, 4) is 0 Å². The number of nitrogens with zero attached hydrogens (tertiary/aromatic N) is 3. The van der Waals surface area contributed by atoms with Gasteiger partial charge < -0.3 is 19.9 Å². The lowest BCUT2D eigenvalue weighted by molar-refractivity contribution is 0.130. The molecule has 164 valence electrons. The first kappa shape index (κ1) is 21.0. The zero-order chi connectivity index (χ0) is 21.8. The quantitative estimate of drug-likeness (QED) is 0.629. The molecule has 1 atom stereocenters. The summed E-state index contributed by atoms with van der Waals surface area (Å²) in [5, 5.41) is 7.25. The molecule has 0 saturated carbocycles. The lowest BCUT2D eigenvalue weighted by atomic mass is 10.1. The molecule has 31 heavy (non-hydrogen) atoms. The summed E-state index contributed by atoms with van der Waals surface area (Å²) in [6.07, 6.45) is 3.85. The van der Waals surface area contributed by atoms with Gasteiger partial charge in [0.2, 0.25) is 0 Å². The van der Waals surface area contributed by atoms with Crippen molar-refractivity contribution in [3.05, 3.63) is 58.0 Å². The SMILES string of the molecule is CCn1c(=O)ccc2ccc(F)c(CCNCC[C@H]3CN(C4=CN=CCN4)C(=O)O3)c21. The van der Waals surface area contributed by atoms with Gasteiger partial charge in [0.15, 0.2) is 0 Å². The van der Waals surface area contributed by atoms with Crippen molar-refractivity contribution >= 4 is 23.2 Å². The number of carbonyl (C=O) groups excluding carboxylic acids is 1. The fourth-order valence-corrected chi connectivity index (χ4v) is 4.00. The minimum absolute atomic E-state index is 0.129. The van der Waals surface area contributed by atoms with Crippen molar-refractivity contribution in [2.24, 2.45) is 4.99 Å². The van der Waals surface area contributed by atoms with Gasteiger partial charge in [-0.3, -0.25) is 14.7 Å². The highest BCUT2D eigenvalue weighted by Gasteiger charge is 2.33. The molecule has 1 saturated heterocycles. The Labute approximate surface area is 179 Å². The average molecular weight is 427 g/mol. The molecule has 2 N–H and O–H groups in total. The second-order valence-corrected chi connectivity index (χ2v) is 7.51. The fraction of sp³-hybridized carbons (Fsp3) is 0.409. The summed E-state index contributed by atoms with van der Waals surface area (Å²) in [5.41, 5.74) is 1.07. The number of hydrogen-bond donors (Lipinski definition) is 2. The van der Waals surface area contributed by atoms with E-state index in [4.69, 9.17) is 4.74 Å². The number of aliphatic imine (C=N–C) groups is 1. The van der Waals surface area contributed by atoms with Gasteiger partial charge in [0, 0.05) is 24.4 Å². The highest BCUT2D eigenvalue weighted by Crippen LogP contribution is 2.21. The Balaban J connectivity index is 1.32. The first-order valence-corrected chi connectivity index (χ1v) is 10.5. The molecule has 2 aliphatic heterocycles. The number of aromatic nitrogens is 1. The molecule has 4 rings (SSSR count). The van der Waals surface area contributed by atoms with Gasteiger partial charge in [0.25, 0.3) is 5.56 Å². The molecule has 0 spiro atoms. The second kappa shape index (κ2) is 9.30. The number of amides is 1. The van der Waals surface area contributed by atoms with Crippen molar-refractivity contribution in [3.63, 3.8) is 0 Å². The van der Waals surface area contributed by atoms with Gasteiger partial charge in [0.05, 0.1) is 24.8 Å². The van der Waals surface area contributed by atoms with E-state index < -0.39 is 0 Å².